The van der Waals surface area contributed by atoms with Gasteiger partial charge in [0.25, 0.3) is 0 Å². The molecular formula is C24H20BrN3O2S. The fraction of sp³-hybridized carbons (Fsp3) is 0.167. The van der Waals surface area contributed by atoms with Crippen molar-refractivity contribution in [3.05, 3.63) is 100 Å². The van der Waals surface area contributed by atoms with Crippen LogP contribution in [0.1, 0.15) is 34.9 Å². The third-order valence-corrected chi connectivity index (χ3v) is 6.42. The van der Waals surface area contributed by atoms with Gasteiger partial charge in [-0.05, 0) is 73.2 Å². The molecule has 3 aromatic heterocycles. The molecule has 2 atom stereocenters. The van der Waals surface area contributed by atoms with Crippen molar-refractivity contribution in [1.29, 1.82) is 0 Å². The predicted molar refractivity (Wildman–Crippen MR) is 126 cm³/mol. The van der Waals surface area contributed by atoms with E-state index in [2.05, 4.69) is 56.3 Å². The lowest BCUT2D eigenvalue weighted by Gasteiger charge is -2.25. The number of pyridine rings is 1. The molecule has 0 amide bonds. The van der Waals surface area contributed by atoms with E-state index in [0.717, 1.165) is 33.0 Å². The maximum Gasteiger partial charge on any atom is 0.170 e. The first-order valence-electron chi connectivity index (χ1n) is 9.97. The van der Waals surface area contributed by atoms with Gasteiger partial charge < -0.3 is 19.1 Å². The molecule has 1 saturated heterocycles. The summed E-state index contributed by atoms with van der Waals surface area (Å²) in [6.07, 6.45) is 3.47. The van der Waals surface area contributed by atoms with Crippen LogP contribution >= 0.6 is 28.1 Å². The maximum atomic E-state index is 6.39. The fourth-order valence-corrected chi connectivity index (χ4v) is 4.93. The van der Waals surface area contributed by atoms with Crippen molar-refractivity contribution in [2.24, 2.45) is 0 Å². The Labute approximate surface area is 194 Å². The minimum Gasteiger partial charge on any atom is -0.467 e. The number of hydrogen-bond acceptors (Lipinski definition) is 4. The summed E-state index contributed by atoms with van der Waals surface area (Å²) < 4.78 is 13.0. The number of halogens is 1. The summed E-state index contributed by atoms with van der Waals surface area (Å²) in [5.41, 5.74) is 3.11. The second-order valence-electron chi connectivity index (χ2n) is 7.52. The normalized spacial score (nSPS) is 18.4. The fourth-order valence-electron chi connectivity index (χ4n) is 3.93. The van der Waals surface area contributed by atoms with Gasteiger partial charge in [-0.2, -0.15) is 0 Å². The third-order valence-electron chi connectivity index (χ3n) is 5.41. The van der Waals surface area contributed by atoms with Gasteiger partial charge in [-0.1, -0.05) is 28.1 Å². The molecule has 1 aliphatic rings. The monoisotopic (exact) mass is 493 g/mol. The summed E-state index contributed by atoms with van der Waals surface area (Å²) in [6, 6.07) is 19.7. The molecule has 156 valence electrons. The van der Waals surface area contributed by atoms with Crippen LogP contribution in [-0.2, 0) is 6.54 Å². The third kappa shape index (κ3) is 3.91. The van der Waals surface area contributed by atoms with Crippen molar-refractivity contribution in [1.82, 2.24) is 15.2 Å². The van der Waals surface area contributed by atoms with E-state index >= 15 is 0 Å². The minimum atomic E-state index is -0.162. The van der Waals surface area contributed by atoms with Crippen LogP contribution in [0.4, 0.5) is 0 Å². The van der Waals surface area contributed by atoms with Gasteiger partial charge >= 0.3 is 0 Å². The van der Waals surface area contributed by atoms with E-state index in [1.54, 1.807) is 12.5 Å². The topological polar surface area (TPSA) is 54.4 Å². The highest BCUT2D eigenvalue weighted by Gasteiger charge is 2.42. The number of aromatic nitrogens is 1. The van der Waals surface area contributed by atoms with Crippen molar-refractivity contribution >= 4 is 33.3 Å². The van der Waals surface area contributed by atoms with Gasteiger partial charge in [0.2, 0.25) is 0 Å². The molecule has 1 fully saturated rings. The number of hydrogen-bond donors (Lipinski definition) is 1. The van der Waals surface area contributed by atoms with Crippen LogP contribution in [-0.4, -0.2) is 15.0 Å². The average molecular weight is 494 g/mol. The zero-order chi connectivity index (χ0) is 21.4. The molecule has 4 aromatic rings. The first-order chi connectivity index (χ1) is 15.1. The molecule has 5 nitrogen and oxygen atoms in total. The standard InChI is InChI=1S/C24H20BrN3O2S/c1-15-7-8-17(18(25)13-15)20-9-10-21(30-20)23-22(19-6-2-3-11-26-19)27-24(31)28(23)14-16-5-4-12-29-16/h2-13,22-23H,14H2,1H3,(H,27,31). The van der Waals surface area contributed by atoms with Gasteiger partial charge in [0.05, 0.1) is 24.5 Å². The van der Waals surface area contributed by atoms with Crippen LogP contribution in [0.15, 0.2) is 86.4 Å². The van der Waals surface area contributed by atoms with Crippen LogP contribution in [0, 0.1) is 6.92 Å². The number of benzene rings is 1. The first kappa shape index (κ1) is 20.0. The summed E-state index contributed by atoms with van der Waals surface area (Å²) >= 11 is 9.36. The molecule has 2 unspecified atom stereocenters. The number of rotatable bonds is 5. The second-order valence-corrected chi connectivity index (χ2v) is 8.76. The van der Waals surface area contributed by atoms with Crippen LogP contribution in [0.2, 0.25) is 0 Å². The van der Waals surface area contributed by atoms with E-state index in [1.165, 1.54) is 5.56 Å². The molecule has 1 aromatic carbocycles. The first-order valence-corrected chi connectivity index (χ1v) is 11.2. The zero-order valence-electron chi connectivity index (χ0n) is 16.8. The average Bonchev–Trinajstić information content (AvgIpc) is 3.51. The Morgan fingerprint density at radius 2 is 2.03 bits per heavy atom. The van der Waals surface area contributed by atoms with E-state index in [1.807, 2.05) is 42.5 Å². The number of nitrogens with one attached hydrogen (secondary N) is 1. The van der Waals surface area contributed by atoms with Crippen molar-refractivity contribution in [2.45, 2.75) is 25.6 Å². The molecule has 0 radical (unpaired) electrons. The molecule has 0 spiro atoms. The van der Waals surface area contributed by atoms with E-state index < -0.39 is 0 Å². The van der Waals surface area contributed by atoms with Gasteiger partial charge in [0, 0.05) is 16.2 Å². The van der Waals surface area contributed by atoms with Crippen molar-refractivity contribution < 1.29 is 8.83 Å². The van der Waals surface area contributed by atoms with Crippen LogP contribution < -0.4 is 5.32 Å². The zero-order valence-corrected chi connectivity index (χ0v) is 19.2. The highest BCUT2D eigenvalue weighted by molar-refractivity contribution is 9.10. The van der Waals surface area contributed by atoms with E-state index in [0.29, 0.717) is 11.7 Å². The quantitative estimate of drug-likeness (QED) is 0.335. The summed E-state index contributed by atoms with van der Waals surface area (Å²) in [7, 11) is 0. The molecule has 4 heterocycles. The molecule has 0 saturated carbocycles. The Morgan fingerprint density at radius 1 is 1.13 bits per heavy atom. The van der Waals surface area contributed by atoms with E-state index in [9.17, 15) is 0 Å². The Bertz CT molecular complexity index is 1210. The number of aryl methyl sites for hydroxylation is 1. The predicted octanol–water partition coefficient (Wildman–Crippen LogP) is 6.18. The van der Waals surface area contributed by atoms with Crippen LogP contribution in [0.3, 0.4) is 0 Å². The molecular weight excluding hydrogens is 474 g/mol. The van der Waals surface area contributed by atoms with Gasteiger partial charge in [-0.15, -0.1) is 0 Å². The summed E-state index contributed by atoms with van der Waals surface area (Å²) in [5, 5.41) is 4.08. The van der Waals surface area contributed by atoms with Crippen molar-refractivity contribution in [3.8, 4) is 11.3 Å². The molecule has 31 heavy (non-hydrogen) atoms. The van der Waals surface area contributed by atoms with Gasteiger partial charge in [-0.25, -0.2) is 0 Å². The van der Waals surface area contributed by atoms with E-state index in [4.69, 9.17) is 21.1 Å². The Kier molecular flexibility index (Phi) is 5.38. The lowest BCUT2D eigenvalue weighted by Crippen LogP contribution is -2.28. The maximum absolute atomic E-state index is 6.39. The highest BCUT2D eigenvalue weighted by Crippen LogP contribution is 2.42. The van der Waals surface area contributed by atoms with Crippen molar-refractivity contribution in [2.75, 3.05) is 0 Å². The molecule has 0 aliphatic carbocycles. The lowest BCUT2D eigenvalue weighted by molar-refractivity contribution is 0.253. The summed E-state index contributed by atoms with van der Waals surface area (Å²) in [4.78, 5) is 6.67. The molecule has 5 rings (SSSR count). The van der Waals surface area contributed by atoms with Gasteiger partial charge in [-0.3, -0.25) is 4.98 Å². The minimum absolute atomic E-state index is 0.135. The van der Waals surface area contributed by atoms with Crippen LogP contribution in [0.5, 0.6) is 0 Å². The Hall–Kier alpha value is -2.90. The Morgan fingerprint density at radius 3 is 2.77 bits per heavy atom. The second kappa shape index (κ2) is 8.32. The number of furan rings is 2. The molecule has 7 heteroatoms. The summed E-state index contributed by atoms with van der Waals surface area (Å²) in [6.45, 7) is 2.61. The number of thiocarbonyl (C=S) groups is 1. The molecule has 1 N–H and O–H groups in total. The van der Waals surface area contributed by atoms with Gasteiger partial charge in [0.15, 0.2) is 5.11 Å². The summed E-state index contributed by atoms with van der Waals surface area (Å²) in [5.74, 6) is 2.46. The molecule has 0 bridgehead atoms. The lowest BCUT2D eigenvalue weighted by atomic mass is 10.0. The van der Waals surface area contributed by atoms with Crippen LogP contribution in [0.25, 0.3) is 11.3 Å². The van der Waals surface area contributed by atoms with Gasteiger partial charge in [0.1, 0.15) is 23.3 Å². The SMILES string of the molecule is Cc1ccc(-c2ccc(C3C(c4ccccn4)NC(=S)N3Cc3ccco3)o2)c(Br)c1. The largest absolute Gasteiger partial charge is 0.467 e. The smallest absolute Gasteiger partial charge is 0.170 e. The van der Waals surface area contributed by atoms with Crippen molar-refractivity contribution in [3.63, 3.8) is 0 Å². The molecule has 1 aliphatic heterocycles. The highest BCUT2D eigenvalue weighted by atomic mass is 79.9. The Balaban J connectivity index is 1.55. The van der Waals surface area contributed by atoms with E-state index in [-0.39, 0.29) is 12.1 Å². The number of nitrogens with zero attached hydrogens (tertiary/aromatic N) is 2.